The van der Waals surface area contributed by atoms with Crippen molar-refractivity contribution in [3.05, 3.63) is 0 Å². The van der Waals surface area contributed by atoms with Gasteiger partial charge in [0.1, 0.15) is 0 Å². The Balaban J connectivity index is 2.35. The maximum absolute atomic E-state index is 11.2. The Bertz CT molecular complexity index is 244. The Morgan fingerprint density at radius 2 is 1.87 bits per heavy atom. The highest BCUT2D eigenvalue weighted by Gasteiger charge is 2.28. The van der Waals surface area contributed by atoms with Crippen LogP contribution in [0.3, 0.4) is 0 Å². The molecule has 0 heterocycles. The van der Waals surface area contributed by atoms with Crippen molar-refractivity contribution < 1.29 is 14.3 Å². The molecular formula is C11H19NO3. The van der Waals surface area contributed by atoms with E-state index in [0.717, 1.165) is 12.8 Å². The zero-order chi connectivity index (χ0) is 11.3. The van der Waals surface area contributed by atoms with E-state index in [1.54, 1.807) is 0 Å². The molecule has 0 radical (unpaired) electrons. The van der Waals surface area contributed by atoms with Crippen molar-refractivity contribution in [3.8, 4) is 0 Å². The maximum Gasteiger partial charge on any atom is 0.396 e. The van der Waals surface area contributed by atoms with E-state index in [9.17, 15) is 9.59 Å². The van der Waals surface area contributed by atoms with Gasteiger partial charge in [0.05, 0.1) is 7.11 Å². The molecule has 86 valence electrons. The summed E-state index contributed by atoms with van der Waals surface area (Å²) in [7, 11) is 1.21. The van der Waals surface area contributed by atoms with Gasteiger partial charge in [-0.25, -0.2) is 4.79 Å². The molecule has 0 saturated heterocycles. The normalized spacial score (nSPS) is 19.3. The lowest BCUT2D eigenvalue weighted by molar-refractivity contribution is -0.152. The molecule has 0 atom stereocenters. The van der Waals surface area contributed by atoms with Crippen LogP contribution in [-0.4, -0.2) is 25.5 Å². The van der Waals surface area contributed by atoms with E-state index in [2.05, 4.69) is 17.0 Å². The third kappa shape index (κ3) is 3.53. The number of rotatable bonds is 2. The van der Waals surface area contributed by atoms with Crippen molar-refractivity contribution in [3.63, 3.8) is 0 Å². The lowest BCUT2D eigenvalue weighted by Crippen LogP contribution is -2.40. The van der Waals surface area contributed by atoms with Gasteiger partial charge in [-0.1, -0.05) is 26.2 Å². The molecule has 1 aliphatic rings. The van der Waals surface area contributed by atoms with Gasteiger partial charge < -0.3 is 10.1 Å². The van der Waals surface area contributed by atoms with E-state index in [-0.39, 0.29) is 5.41 Å². The first-order valence-electron chi connectivity index (χ1n) is 5.43. The molecule has 4 nitrogen and oxygen atoms in total. The van der Waals surface area contributed by atoms with Gasteiger partial charge in [-0.15, -0.1) is 0 Å². The molecule has 1 rings (SSSR count). The molecule has 1 N–H and O–H groups in total. The van der Waals surface area contributed by atoms with E-state index in [4.69, 9.17) is 0 Å². The van der Waals surface area contributed by atoms with Crippen molar-refractivity contribution >= 4 is 11.9 Å². The van der Waals surface area contributed by atoms with Crippen LogP contribution < -0.4 is 5.32 Å². The molecule has 0 aromatic carbocycles. The van der Waals surface area contributed by atoms with E-state index >= 15 is 0 Å². The minimum absolute atomic E-state index is 0.155. The number of hydrogen-bond acceptors (Lipinski definition) is 3. The van der Waals surface area contributed by atoms with E-state index in [0.29, 0.717) is 6.54 Å². The lowest BCUT2D eigenvalue weighted by Gasteiger charge is -2.33. The summed E-state index contributed by atoms with van der Waals surface area (Å²) >= 11 is 0. The molecule has 1 amide bonds. The fourth-order valence-corrected chi connectivity index (χ4v) is 2.04. The van der Waals surface area contributed by atoms with Gasteiger partial charge in [0.15, 0.2) is 0 Å². The minimum Gasteiger partial charge on any atom is -0.462 e. The first-order chi connectivity index (χ1) is 7.07. The average molecular weight is 213 g/mol. The van der Waals surface area contributed by atoms with Crippen LogP contribution in [0, 0.1) is 5.41 Å². The molecule has 1 fully saturated rings. The van der Waals surface area contributed by atoms with Gasteiger partial charge in [0.25, 0.3) is 0 Å². The summed E-state index contributed by atoms with van der Waals surface area (Å²) in [5.41, 5.74) is 0.155. The van der Waals surface area contributed by atoms with E-state index < -0.39 is 11.9 Å². The van der Waals surface area contributed by atoms with Crippen LogP contribution in [0.2, 0.25) is 0 Å². The fraction of sp³-hybridized carbons (Fsp3) is 0.818. The van der Waals surface area contributed by atoms with Gasteiger partial charge >= 0.3 is 11.9 Å². The number of carbonyl (C=O) groups excluding carboxylic acids is 2. The van der Waals surface area contributed by atoms with E-state index in [1.165, 1.54) is 26.4 Å². The second-order valence-electron chi connectivity index (χ2n) is 4.55. The van der Waals surface area contributed by atoms with Crippen molar-refractivity contribution in [2.45, 2.75) is 39.0 Å². The Morgan fingerprint density at radius 1 is 1.27 bits per heavy atom. The van der Waals surface area contributed by atoms with E-state index in [1.807, 2.05) is 0 Å². The summed E-state index contributed by atoms with van der Waals surface area (Å²) in [4.78, 5) is 22.0. The number of ether oxygens (including phenoxy) is 1. The number of hydrogen-bond donors (Lipinski definition) is 1. The zero-order valence-corrected chi connectivity index (χ0v) is 9.47. The topological polar surface area (TPSA) is 55.4 Å². The Hall–Kier alpha value is -1.06. The molecule has 0 aliphatic heterocycles. The summed E-state index contributed by atoms with van der Waals surface area (Å²) in [5.74, 6) is -1.45. The predicted octanol–water partition coefficient (Wildman–Crippen LogP) is 1.25. The molecule has 0 spiro atoms. The molecule has 1 saturated carbocycles. The Kier molecular flexibility index (Phi) is 4.12. The SMILES string of the molecule is COC(=O)C(=O)NCC1(C)CCCCC1. The standard InChI is InChI=1S/C11H19NO3/c1-11(6-4-3-5-7-11)8-12-9(13)10(14)15-2/h3-8H2,1-2H3,(H,12,13). The number of esters is 1. The molecule has 15 heavy (non-hydrogen) atoms. The molecule has 0 aromatic rings. The molecule has 4 heteroatoms. The van der Waals surface area contributed by atoms with Crippen LogP contribution in [0.15, 0.2) is 0 Å². The van der Waals surface area contributed by atoms with Gasteiger partial charge in [-0.2, -0.15) is 0 Å². The van der Waals surface area contributed by atoms with Gasteiger partial charge in [-0.3, -0.25) is 4.79 Å². The second kappa shape index (κ2) is 5.14. The largest absolute Gasteiger partial charge is 0.462 e. The summed E-state index contributed by atoms with van der Waals surface area (Å²) in [6.07, 6.45) is 5.94. The highest BCUT2D eigenvalue weighted by atomic mass is 16.5. The molecule has 0 bridgehead atoms. The maximum atomic E-state index is 11.2. The number of methoxy groups -OCH3 is 1. The summed E-state index contributed by atoms with van der Waals surface area (Å²) < 4.78 is 4.33. The summed E-state index contributed by atoms with van der Waals surface area (Å²) in [6.45, 7) is 2.73. The van der Waals surface area contributed by atoms with Gasteiger partial charge in [-0.05, 0) is 18.3 Å². The zero-order valence-electron chi connectivity index (χ0n) is 9.47. The van der Waals surface area contributed by atoms with Crippen LogP contribution in [-0.2, 0) is 14.3 Å². The van der Waals surface area contributed by atoms with Gasteiger partial charge in [0.2, 0.25) is 0 Å². The molecule has 1 aliphatic carbocycles. The van der Waals surface area contributed by atoms with Crippen molar-refractivity contribution in [2.75, 3.05) is 13.7 Å². The highest BCUT2D eigenvalue weighted by Crippen LogP contribution is 2.34. The third-order valence-corrected chi connectivity index (χ3v) is 3.11. The monoisotopic (exact) mass is 213 g/mol. The molecular weight excluding hydrogens is 194 g/mol. The van der Waals surface area contributed by atoms with Crippen molar-refractivity contribution in [1.82, 2.24) is 5.32 Å². The lowest BCUT2D eigenvalue weighted by atomic mass is 9.76. The minimum atomic E-state index is -0.811. The summed E-state index contributed by atoms with van der Waals surface area (Å²) in [6, 6.07) is 0. The third-order valence-electron chi connectivity index (χ3n) is 3.11. The first kappa shape index (κ1) is 12.0. The van der Waals surface area contributed by atoms with Crippen molar-refractivity contribution in [2.24, 2.45) is 5.41 Å². The average Bonchev–Trinajstić information content (AvgIpc) is 2.26. The number of nitrogens with one attached hydrogen (secondary N) is 1. The second-order valence-corrected chi connectivity index (χ2v) is 4.55. The van der Waals surface area contributed by atoms with Crippen molar-refractivity contribution in [1.29, 1.82) is 0 Å². The van der Waals surface area contributed by atoms with Gasteiger partial charge in [0, 0.05) is 6.54 Å². The fourth-order valence-electron chi connectivity index (χ4n) is 2.04. The number of carbonyl (C=O) groups is 2. The summed E-state index contributed by atoms with van der Waals surface area (Å²) in [5, 5.41) is 2.63. The van der Waals surface area contributed by atoms with Crippen LogP contribution in [0.5, 0.6) is 0 Å². The molecule has 0 unspecified atom stereocenters. The quantitative estimate of drug-likeness (QED) is 0.554. The van der Waals surface area contributed by atoms with Crippen LogP contribution in [0.1, 0.15) is 39.0 Å². The van der Waals surface area contributed by atoms with Crippen LogP contribution in [0.4, 0.5) is 0 Å². The smallest absolute Gasteiger partial charge is 0.396 e. The highest BCUT2D eigenvalue weighted by molar-refractivity contribution is 6.32. The number of amides is 1. The Labute approximate surface area is 90.4 Å². The molecule has 0 aromatic heterocycles. The first-order valence-corrected chi connectivity index (χ1v) is 5.43. The Morgan fingerprint density at radius 3 is 2.40 bits per heavy atom. The van der Waals surface area contributed by atoms with Crippen LogP contribution >= 0.6 is 0 Å². The predicted molar refractivity (Wildman–Crippen MR) is 56.2 cm³/mol. The van der Waals surface area contributed by atoms with Crippen LogP contribution in [0.25, 0.3) is 0 Å².